The van der Waals surface area contributed by atoms with Gasteiger partial charge in [-0.25, -0.2) is 0 Å². The quantitative estimate of drug-likeness (QED) is 0.291. The van der Waals surface area contributed by atoms with Gasteiger partial charge in [-0.1, -0.05) is 30.6 Å². The number of likely N-dealkylation sites (tertiary alicyclic amines) is 1. The van der Waals surface area contributed by atoms with Gasteiger partial charge in [-0.05, 0) is 31.2 Å². The minimum absolute atomic E-state index is 0. The van der Waals surface area contributed by atoms with E-state index in [1.165, 1.54) is 6.07 Å². The highest BCUT2D eigenvalue weighted by molar-refractivity contribution is 6.42. The summed E-state index contributed by atoms with van der Waals surface area (Å²) in [7, 11) is 0. The summed E-state index contributed by atoms with van der Waals surface area (Å²) in [4.78, 5) is 30.1. The molecule has 4 rings (SSSR count). The van der Waals surface area contributed by atoms with E-state index in [-0.39, 0.29) is 30.9 Å². The van der Waals surface area contributed by atoms with Crippen molar-refractivity contribution in [3.8, 4) is 11.5 Å². The average molecular weight is 568 g/mol. The van der Waals surface area contributed by atoms with Crippen LogP contribution in [0.1, 0.15) is 33.6 Å². The van der Waals surface area contributed by atoms with E-state index in [4.69, 9.17) is 32.7 Å². The van der Waals surface area contributed by atoms with Gasteiger partial charge in [0.05, 0.1) is 21.6 Å². The van der Waals surface area contributed by atoms with Gasteiger partial charge >= 0.3 is 5.69 Å². The molecule has 2 aliphatic heterocycles. The number of benzene rings is 2. The van der Waals surface area contributed by atoms with Crippen molar-refractivity contribution in [3.05, 3.63) is 56.6 Å². The third-order valence-electron chi connectivity index (χ3n) is 6.81. The summed E-state index contributed by atoms with van der Waals surface area (Å²) in [5.74, 6) is 0.911. The number of hydrogen-bond donors (Lipinski definition) is 0. The van der Waals surface area contributed by atoms with Crippen molar-refractivity contribution in [2.24, 2.45) is 0 Å². The van der Waals surface area contributed by atoms with E-state index in [0.717, 1.165) is 51.3 Å². The molecule has 0 saturated carbocycles. The maximum atomic E-state index is 12.8. The van der Waals surface area contributed by atoms with Crippen molar-refractivity contribution in [1.82, 2.24) is 9.80 Å². The van der Waals surface area contributed by atoms with Crippen molar-refractivity contribution in [2.45, 2.75) is 39.7 Å². The SMILES string of the molecule is C.CCOc1cc(OC2CCN(C(=O)CCN3CCN(c4ccc(Cl)c(Cl)c4)CC3)CC2)ccc1[N+](=O)[O-]. The van der Waals surface area contributed by atoms with Crippen LogP contribution < -0.4 is 14.4 Å². The van der Waals surface area contributed by atoms with Gasteiger partial charge in [-0.2, -0.15) is 0 Å². The number of carbonyl (C=O) groups is 1. The van der Waals surface area contributed by atoms with E-state index >= 15 is 0 Å². The lowest BCUT2D eigenvalue weighted by atomic mass is 10.1. The number of nitro groups is 1. The van der Waals surface area contributed by atoms with Crippen LogP contribution in [0.3, 0.4) is 0 Å². The van der Waals surface area contributed by atoms with Crippen LogP contribution in [0.25, 0.3) is 0 Å². The van der Waals surface area contributed by atoms with E-state index in [0.29, 0.717) is 41.9 Å². The van der Waals surface area contributed by atoms with Crippen LogP contribution in [0.4, 0.5) is 11.4 Å². The highest BCUT2D eigenvalue weighted by Crippen LogP contribution is 2.32. The predicted molar refractivity (Wildman–Crippen MR) is 151 cm³/mol. The Kier molecular flexibility index (Phi) is 10.9. The largest absolute Gasteiger partial charge is 0.490 e. The summed E-state index contributed by atoms with van der Waals surface area (Å²) < 4.78 is 11.5. The van der Waals surface area contributed by atoms with Crippen molar-refractivity contribution in [2.75, 3.05) is 57.3 Å². The zero-order chi connectivity index (χ0) is 26.4. The minimum atomic E-state index is -0.464. The molecule has 2 aromatic carbocycles. The summed E-state index contributed by atoms with van der Waals surface area (Å²) in [6, 6.07) is 10.3. The fourth-order valence-corrected chi connectivity index (χ4v) is 5.02. The first-order chi connectivity index (χ1) is 17.8. The van der Waals surface area contributed by atoms with Crippen LogP contribution in [0.15, 0.2) is 36.4 Å². The molecule has 2 saturated heterocycles. The van der Waals surface area contributed by atoms with E-state index < -0.39 is 4.92 Å². The highest BCUT2D eigenvalue weighted by atomic mass is 35.5. The molecule has 0 aliphatic carbocycles. The van der Waals surface area contributed by atoms with Crippen LogP contribution >= 0.6 is 23.2 Å². The molecule has 11 heteroatoms. The van der Waals surface area contributed by atoms with E-state index in [1.807, 2.05) is 23.1 Å². The topological polar surface area (TPSA) is 88.4 Å². The van der Waals surface area contributed by atoms with Crippen LogP contribution in [0, 0.1) is 10.1 Å². The molecule has 0 spiro atoms. The van der Waals surface area contributed by atoms with Crippen molar-refractivity contribution in [3.63, 3.8) is 0 Å². The summed E-state index contributed by atoms with van der Waals surface area (Å²) in [5, 5.41) is 12.3. The van der Waals surface area contributed by atoms with Gasteiger partial charge in [-0.15, -0.1) is 0 Å². The molecular weight excluding hydrogens is 531 g/mol. The second-order valence-electron chi connectivity index (χ2n) is 9.19. The molecule has 2 aromatic rings. The first-order valence-corrected chi connectivity index (χ1v) is 13.4. The summed E-state index contributed by atoms with van der Waals surface area (Å²) in [5.41, 5.74) is 0.989. The van der Waals surface area contributed by atoms with Crippen molar-refractivity contribution < 1.29 is 19.2 Å². The van der Waals surface area contributed by atoms with E-state index in [2.05, 4.69) is 9.80 Å². The standard InChI is InChI=1S/C26H32Cl2N4O5.CH4/c1-2-36-25-18-21(4-6-24(25)32(34)35)37-20-7-11-31(12-8-20)26(33)9-10-29-13-15-30(16-14-29)19-3-5-22(27)23(28)17-19;/h3-6,17-18,20H,2,7-16H2,1H3;1H4. The van der Waals surface area contributed by atoms with Crippen LogP contribution in [-0.4, -0.2) is 79.2 Å². The molecule has 9 nitrogen and oxygen atoms in total. The molecule has 2 heterocycles. The third-order valence-corrected chi connectivity index (χ3v) is 7.55. The lowest BCUT2D eigenvalue weighted by molar-refractivity contribution is -0.385. The first kappa shape index (κ1) is 29.8. The van der Waals surface area contributed by atoms with Gasteiger partial charge in [0.15, 0.2) is 0 Å². The fraction of sp³-hybridized carbons (Fsp3) is 0.519. The molecule has 1 amide bonds. The van der Waals surface area contributed by atoms with Gasteiger partial charge in [-0.3, -0.25) is 19.8 Å². The zero-order valence-corrected chi connectivity index (χ0v) is 22.4. The number of piperidine rings is 1. The van der Waals surface area contributed by atoms with Gasteiger partial charge in [0.1, 0.15) is 11.9 Å². The summed E-state index contributed by atoms with van der Waals surface area (Å²) in [6.07, 6.45) is 1.89. The number of carbonyl (C=O) groups excluding carboxylic acids is 1. The molecule has 2 aliphatic rings. The normalized spacial score (nSPS) is 16.6. The van der Waals surface area contributed by atoms with E-state index in [9.17, 15) is 14.9 Å². The predicted octanol–water partition coefficient (Wildman–Crippen LogP) is 5.52. The van der Waals surface area contributed by atoms with E-state index in [1.54, 1.807) is 19.1 Å². The maximum Gasteiger partial charge on any atom is 0.311 e. The summed E-state index contributed by atoms with van der Waals surface area (Å²) in [6.45, 7) is 7.67. The van der Waals surface area contributed by atoms with Gasteiger partial charge in [0.2, 0.25) is 11.7 Å². The Bertz CT molecular complexity index is 1100. The second-order valence-corrected chi connectivity index (χ2v) is 10.0. The molecule has 0 bridgehead atoms. The van der Waals surface area contributed by atoms with Gasteiger partial charge < -0.3 is 19.3 Å². The average Bonchev–Trinajstić information content (AvgIpc) is 2.90. The van der Waals surface area contributed by atoms with Crippen molar-refractivity contribution >= 4 is 40.5 Å². The van der Waals surface area contributed by atoms with Crippen LogP contribution in [-0.2, 0) is 4.79 Å². The zero-order valence-electron chi connectivity index (χ0n) is 20.9. The van der Waals surface area contributed by atoms with Gasteiger partial charge in [0, 0.05) is 82.9 Å². The Morgan fingerprint density at radius 1 is 1.03 bits per heavy atom. The van der Waals surface area contributed by atoms with Crippen LogP contribution in [0.2, 0.25) is 10.0 Å². The molecule has 0 unspecified atom stereocenters. The maximum absolute atomic E-state index is 12.8. The highest BCUT2D eigenvalue weighted by Gasteiger charge is 2.26. The fourth-order valence-electron chi connectivity index (χ4n) is 4.73. The number of piperazine rings is 1. The molecule has 208 valence electrons. The molecule has 38 heavy (non-hydrogen) atoms. The third kappa shape index (κ3) is 7.65. The Labute approximate surface area is 234 Å². The number of halogens is 2. The lowest BCUT2D eigenvalue weighted by Crippen LogP contribution is -2.48. The smallest absolute Gasteiger partial charge is 0.311 e. The molecular formula is C27H36Cl2N4O5. The van der Waals surface area contributed by atoms with Crippen LogP contribution in [0.5, 0.6) is 11.5 Å². The molecule has 2 fully saturated rings. The minimum Gasteiger partial charge on any atom is -0.490 e. The Morgan fingerprint density at radius 2 is 1.74 bits per heavy atom. The Hall–Kier alpha value is -2.75. The van der Waals surface area contributed by atoms with Gasteiger partial charge in [0.25, 0.3) is 0 Å². The Morgan fingerprint density at radius 3 is 2.37 bits per heavy atom. The lowest BCUT2D eigenvalue weighted by Gasteiger charge is -2.37. The number of anilines is 1. The number of hydrogen-bond acceptors (Lipinski definition) is 7. The number of rotatable bonds is 9. The number of nitrogens with zero attached hydrogens (tertiary/aromatic N) is 4. The monoisotopic (exact) mass is 566 g/mol. The first-order valence-electron chi connectivity index (χ1n) is 12.6. The molecule has 0 aromatic heterocycles. The molecule has 0 radical (unpaired) electrons. The number of nitro benzene ring substituents is 1. The van der Waals surface area contributed by atoms with Crippen molar-refractivity contribution in [1.29, 1.82) is 0 Å². The molecule has 0 atom stereocenters. The second kappa shape index (κ2) is 13.9. The molecule has 0 N–H and O–H groups in total. The number of ether oxygens (including phenoxy) is 2. The summed E-state index contributed by atoms with van der Waals surface area (Å²) >= 11 is 12.2. The Balaban J connectivity index is 0.00000400. The number of amides is 1.